The summed E-state index contributed by atoms with van der Waals surface area (Å²) in [6.07, 6.45) is 0.583. The van der Waals surface area contributed by atoms with Crippen LogP contribution in [0, 0.1) is 5.82 Å². The molecule has 2 aromatic rings. The van der Waals surface area contributed by atoms with E-state index in [0.717, 1.165) is 11.3 Å². The summed E-state index contributed by atoms with van der Waals surface area (Å²) in [4.78, 5) is 0.310. The van der Waals surface area contributed by atoms with Gasteiger partial charge in [-0.2, -0.15) is 0 Å². The summed E-state index contributed by atoms with van der Waals surface area (Å²) in [5.74, 6) is -0.191. The van der Waals surface area contributed by atoms with Crippen LogP contribution in [0.4, 0.5) is 10.1 Å². The van der Waals surface area contributed by atoms with E-state index in [4.69, 9.17) is 29.6 Å². The van der Waals surface area contributed by atoms with Crippen LogP contribution in [0.5, 0.6) is 0 Å². The minimum Gasteiger partial charge on any atom is -0.389 e. The molecule has 0 aliphatic rings. The van der Waals surface area contributed by atoms with E-state index in [-0.39, 0.29) is 5.82 Å². The Morgan fingerprint density at radius 1 is 1.25 bits per heavy atom. The van der Waals surface area contributed by atoms with Gasteiger partial charge in [0.25, 0.3) is 0 Å². The number of rotatable bonds is 5. The zero-order valence-electron chi connectivity index (χ0n) is 10.7. The molecule has 0 aliphatic heterocycles. The molecule has 2 nitrogen and oxygen atoms in total. The molecule has 104 valence electrons. The summed E-state index contributed by atoms with van der Waals surface area (Å²) in [6.45, 7) is 0.590. The van der Waals surface area contributed by atoms with E-state index in [1.54, 1.807) is 24.3 Å². The van der Waals surface area contributed by atoms with Crippen LogP contribution < -0.4 is 11.1 Å². The van der Waals surface area contributed by atoms with Gasteiger partial charge in [0.15, 0.2) is 0 Å². The number of benzene rings is 2. The standard InChI is InChI=1S/C15H14ClFN2S/c16-12-9-11(15(18)20)5-6-14(12)19-8-7-10-3-1-2-4-13(10)17/h1-6,9,19H,7-8H2,(H2,18,20). The summed E-state index contributed by atoms with van der Waals surface area (Å²) in [6, 6.07) is 12.1. The van der Waals surface area contributed by atoms with Crippen LogP contribution in [0.1, 0.15) is 11.1 Å². The van der Waals surface area contributed by atoms with Gasteiger partial charge in [-0.1, -0.05) is 42.0 Å². The monoisotopic (exact) mass is 308 g/mol. The molecule has 0 aromatic heterocycles. The van der Waals surface area contributed by atoms with Gasteiger partial charge in [-0.15, -0.1) is 0 Å². The maximum atomic E-state index is 13.5. The van der Waals surface area contributed by atoms with E-state index in [1.807, 2.05) is 12.1 Å². The molecule has 0 heterocycles. The lowest BCUT2D eigenvalue weighted by molar-refractivity contribution is 0.610. The molecular formula is C15H14ClFN2S. The number of hydrogen-bond donors (Lipinski definition) is 2. The Labute approximate surface area is 127 Å². The number of hydrogen-bond acceptors (Lipinski definition) is 2. The summed E-state index contributed by atoms with van der Waals surface area (Å²) < 4.78 is 13.5. The highest BCUT2D eigenvalue weighted by Crippen LogP contribution is 2.23. The highest BCUT2D eigenvalue weighted by atomic mass is 35.5. The van der Waals surface area contributed by atoms with Gasteiger partial charge in [0.1, 0.15) is 10.8 Å². The fourth-order valence-electron chi connectivity index (χ4n) is 1.84. The SMILES string of the molecule is NC(=S)c1ccc(NCCc2ccccc2F)c(Cl)c1. The van der Waals surface area contributed by atoms with E-state index >= 15 is 0 Å². The van der Waals surface area contributed by atoms with Crippen molar-refractivity contribution in [1.29, 1.82) is 0 Å². The lowest BCUT2D eigenvalue weighted by Gasteiger charge is -2.10. The van der Waals surface area contributed by atoms with Crippen LogP contribution in [-0.2, 0) is 6.42 Å². The molecule has 0 saturated heterocycles. The third kappa shape index (κ3) is 3.68. The first-order valence-corrected chi connectivity index (χ1v) is 6.93. The Bertz CT molecular complexity index is 631. The fraction of sp³-hybridized carbons (Fsp3) is 0.133. The van der Waals surface area contributed by atoms with Gasteiger partial charge in [0.05, 0.1) is 10.7 Å². The van der Waals surface area contributed by atoms with Crippen LogP contribution in [0.15, 0.2) is 42.5 Å². The van der Waals surface area contributed by atoms with Gasteiger partial charge in [0, 0.05) is 12.1 Å². The summed E-state index contributed by atoms with van der Waals surface area (Å²) in [7, 11) is 0. The molecule has 0 saturated carbocycles. The summed E-state index contributed by atoms with van der Waals surface area (Å²) in [5, 5.41) is 3.72. The van der Waals surface area contributed by atoms with Crippen LogP contribution in [0.3, 0.4) is 0 Å². The second-order valence-corrected chi connectivity index (χ2v) is 5.17. The molecule has 0 unspecified atom stereocenters. The fourth-order valence-corrected chi connectivity index (χ4v) is 2.22. The normalized spacial score (nSPS) is 10.3. The Kier molecular flexibility index (Phi) is 4.93. The molecule has 0 fully saturated rings. The first kappa shape index (κ1) is 14.8. The third-order valence-corrected chi connectivity index (χ3v) is 3.47. The van der Waals surface area contributed by atoms with Crippen LogP contribution in [-0.4, -0.2) is 11.5 Å². The molecule has 0 amide bonds. The van der Waals surface area contributed by atoms with Gasteiger partial charge in [-0.25, -0.2) is 4.39 Å². The van der Waals surface area contributed by atoms with E-state index in [0.29, 0.717) is 28.5 Å². The molecule has 20 heavy (non-hydrogen) atoms. The molecule has 3 N–H and O–H groups in total. The van der Waals surface area contributed by atoms with Crippen molar-refractivity contribution in [1.82, 2.24) is 0 Å². The van der Waals surface area contributed by atoms with Gasteiger partial charge in [0.2, 0.25) is 0 Å². The Balaban J connectivity index is 1.98. The van der Waals surface area contributed by atoms with E-state index in [1.165, 1.54) is 6.07 Å². The molecule has 5 heteroatoms. The predicted octanol–water partition coefficient (Wildman–Crippen LogP) is 3.77. The topological polar surface area (TPSA) is 38.0 Å². The van der Waals surface area contributed by atoms with Crippen LogP contribution >= 0.6 is 23.8 Å². The van der Waals surface area contributed by atoms with E-state index < -0.39 is 0 Å². The van der Waals surface area contributed by atoms with Crippen molar-refractivity contribution in [3.63, 3.8) is 0 Å². The van der Waals surface area contributed by atoms with Crippen molar-refractivity contribution < 1.29 is 4.39 Å². The molecule has 0 spiro atoms. The van der Waals surface area contributed by atoms with E-state index in [2.05, 4.69) is 5.32 Å². The average molecular weight is 309 g/mol. The van der Waals surface area contributed by atoms with Gasteiger partial charge < -0.3 is 11.1 Å². The molecule has 0 aliphatic carbocycles. The van der Waals surface area contributed by atoms with E-state index in [9.17, 15) is 4.39 Å². The minimum absolute atomic E-state index is 0.191. The number of thiocarbonyl (C=S) groups is 1. The average Bonchev–Trinajstić information content (AvgIpc) is 2.42. The summed E-state index contributed by atoms with van der Waals surface area (Å²) in [5.41, 5.74) is 7.72. The van der Waals surface area contributed by atoms with Gasteiger partial charge >= 0.3 is 0 Å². The molecule has 2 rings (SSSR count). The van der Waals surface area contributed by atoms with Crippen LogP contribution in [0.2, 0.25) is 5.02 Å². The first-order chi connectivity index (χ1) is 9.58. The Morgan fingerprint density at radius 3 is 2.65 bits per heavy atom. The predicted molar refractivity (Wildman–Crippen MR) is 85.9 cm³/mol. The second kappa shape index (κ2) is 6.68. The second-order valence-electron chi connectivity index (χ2n) is 4.33. The third-order valence-electron chi connectivity index (χ3n) is 2.92. The van der Waals surface area contributed by atoms with Crippen molar-refractivity contribution in [2.75, 3.05) is 11.9 Å². The van der Waals surface area contributed by atoms with Crippen molar-refractivity contribution in [3.05, 3.63) is 64.4 Å². The molecule has 2 aromatic carbocycles. The zero-order valence-corrected chi connectivity index (χ0v) is 12.3. The highest BCUT2D eigenvalue weighted by Gasteiger charge is 2.04. The molecule has 0 bridgehead atoms. The first-order valence-electron chi connectivity index (χ1n) is 6.14. The minimum atomic E-state index is -0.191. The van der Waals surface area contributed by atoms with Gasteiger partial charge in [-0.05, 0) is 36.2 Å². The highest BCUT2D eigenvalue weighted by molar-refractivity contribution is 7.80. The largest absolute Gasteiger partial charge is 0.389 e. The lowest BCUT2D eigenvalue weighted by atomic mass is 10.1. The van der Waals surface area contributed by atoms with Crippen LogP contribution in [0.25, 0.3) is 0 Å². The maximum Gasteiger partial charge on any atom is 0.126 e. The number of halogens is 2. The van der Waals surface area contributed by atoms with Crippen molar-refractivity contribution in [3.8, 4) is 0 Å². The smallest absolute Gasteiger partial charge is 0.126 e. The van der Waals surface area contributed by atoms with Gasteiger partial charge in [-0.3, -0.25) is 0 Å². The zero-order chi connectivity index (χ0) is 14.5. The maximum absolute atomic E-state index is 13.5. The van der Waals surface area contributed by atoms with Crippen molar-refractivity contribution in [2.24, 2.45) is 5.73 Å². The summed E-state index contributed by atoms with van der Waals surface area (Å²) >= 11 is 11.0. The van der Waals surface area contributed by atoms with Crippen molar-refractivity contribution >= 4 is 34.5 Å². The Morgan fingerprint density at radius 2 is 2.00 bits per heavy atom. The molecule has 0 atom stereocenters. The molecule has 0 radical (unpaired) electrons. The molecular weight excluding hydrogens is 295 g/mol. The lowest BCUT2D eigenvalue weighted by Crippen LogP contribution is -2.10. The number of nitrogens with two attached hydrogens (primary N) is 1. The number of anilines is 1. The van der Waals surface area contributed by atoms with Crippen molar-refractivity contribution in [2.45, 2.75) is 6.42 Å². The Hall–Kier alpha value is -1.65. The quantitative estimate of drug-likeness (QED) is 0.826. The number of nitrogens with one attached hydrogen (secondary N) is 1.